The van der Waals surface area contributed by atoms with Gasteiger partial charge in [0.25, 0.3) is 0 Å². The van der Waals surface area contributed by atoms with Gasteiger partial charge in [-0.1, -0.05) is 13.8 Å². The van der Waals surface area contributed by atoms with Crippen molar-refractivity contribution in [2.75, 3.05) is 6.61 Å². The van der Waals surface area contributed by atoms with E-state index in [1.54, 1.807) is 0 Å². The van der Waals surface area contributed by atoms with E-state index >= 15 is 0 Å². The summed E-state index contributed by atoms with van der Waals surface area (Å²) >= 11 is -1.28. The Hall–Kier alpha value is 0.0700. The van der Waals surface area contributed by atoms with Crippen LogP contribution in [0.2, 0.25) is 0 Å². The topological polar surface area (TPSA) is 38.3 Å². The molecule has 0 heterocycles. The van der Waals surface area contributed by atoms with Crippen LogP contribution in [0.1, 0.15) is 39.5 Å². The fourth-order valence-electron chi connectivity index (χ4n) is 3.09. The highest BCUT2D eigenvalue weighted by Gasteiger charge is 2.45. The SMILES string of the molecule is CCCOS(=O)NC1[C@@H]2CC[C@@H](C2)[C@@H]1C. The first-order valence-corrected chi connectivity index (χ1v) is 7.11. The maximum Gasteiger partial charge on any atom is 0.234 e. The van der Waals surface area contributed by atoms with Crippen molar-refractivity contribution in [3.8, 4) is 0 Å². The van der Waals surface area contributed by atoms with Crippen molar-refractivity contribution < 1.29 is 8.39 Å². The molecule has 0 aromatic rings. The number of fused-ring (bicyclic) bond motifs is 2. The molecule has 88 valence electrons. The van der Waals surface area contributed by atoms with Crippen molar-refractivity contribution in [3.05, 3.63) is 0 Å². The van der Waals surface area contributed by atoms with Gasteiger partial charge in [-0.3, -0.25) is 4.18 Å². The fourth-order valence-corrected chi connectivity index (χ4v) is 4.10. The van der Waals surface area contributed by atoms with Gasteiger partial charge in [0.05, 0.1) is 6.61 Å². The molecule has 2 unspecified atom stereocenters. The smallest absolute Gasteiger partial charge is 0.234 e. The van der Waals surface area contributed by atoms with E-state index in [1.165, 1.54) is 19.3 Å². The molecule has 0 aliphatic heterocycles. The Morgan fingerprint density at radius 2 is 2.13 bits per heavy atom. The predicted octanol–water partition coefficient (Wildman–Crippen LogP) is 2.02. The van der Waals surface area contributed by atoms with Gasteiger partial charge in [-0.15, -0.1) is 0 Å². The number of hydrogen-bond acceptors (Lipinski definition) is 2. The molecule has 15 heavy (non-hydrogen) atoms. The normalized spacial score (nSPS) is 40.9. The fraction of sp³-hybridized carbons (Fsp3) is 1.00. The summed E-state index contributed by atoms with van der Waals surface area (Å²) in [6.07, 6.45) is 4.91. The molecule has 0 amide bonds. The molecule has 2 rings (SSSR count). The Morgan fingerprint density at radius 3 is 2.73 bits per heavy atom. The molecule has 0 spiro atoms. The van der Waals surface area contributed by atoms with Crippen LogP contribution in [0.5, 0.6) is 0 Å². The Kier molecular flexibility index (Phi) is 3.80. The quantitative estimate of drug-likeness (QED) is 0.786. The van der Waals surface area contributed by atoms with Crippen molar-refractivity contribution >= 4 is 11.3 Å². The molecule has 0 aromatic heterocycles. The largest absolute Gasteiger partial charge is 0.278 e. The Labute approximate surface area is 94.8 Å². The average molecular weight is 231 g/mol. The summed E-state index contributed by atoms with van der Waals surface area (Å²) in [7, 11) is 0. The molecule has 3 nitrogen and oxygen atoms in total. The minimum atomic E-state index is -1.28. The second kappa shape index (κ2) is 4.93. The Morgan fingerprint density at radius 1 is 1.40 bits per heavy atom. The third-order valence-corrected chi connectivity index (χ3v) is 4.80. The second-order valence-corrected chi connectivity index (χ2v) is 5.83. The van der Waals surface area contributed by atoms with Crippen LogP contribution in [0, 0.1) is 17.8 Å². The van der Waals surface area contributed by atoms with E-state index < -0.39 is 11.3 Å². The molecule has 1 N–H and O–H groups in total. The van der Waals surface area contributed by atoms with Gasteiger partial charge in [-0.25, -0.2) is 8.93 Å². The molecule has 2 aliphatic carbocycles. The molecule has 4 heteroatoms. The molecule has 0 radical (unpaired) electrons. The van der Waals surface area contributed by atoms with Crippen LogP contribution in [0.4, 0.5) is 0 Å². The van der Waals surface area contributed by atoms with E-state index in [9.17, 15) is 4.21 Å². The van der Waals surface area contributed by atoms with Crippen LogP contribution in [0.3, 0.4) is 0 Å². The highest BCUT2D eigenvalue weighted by Crippen LogP contribution is 2.48. The minimum absolute atomic E-state index is 0.418. The van der Waals surface area contributed by atoms with E-state index in [1.807, 2.05) is 6.92 Å². The molecule has 2 fully saturated rings. The van der Waals surface area contributed by atoms with E-state index in [4.69, 9.17) is 4.18 Å². The van der Waals surface area contributed by atoms with Gasteiger partial charge >= 0.3 is 0 Å². The maximum absolute atomic E-state index is 11.6. The van der Waals surface area contributed by atoms with Gasteiger partial charge in [0, 0.05) is 6.04 Å². The van der Waals surface area contributed by atoms with Crippen molar-refractivity contribution in [2.45, 2.75) is 45.6 Å². The average Bonchev–Trinajstić information content (AvgIpc) is 2.79. The number of hydrogen-bond donors (Lipinski definition) is 1. The van der Waals surface area contributed by atoms with Gasteiger partial charge in [0.2, 0.25) is 11.3 Å². The molecular weight excluding hydrogens is 210 g/mol. The van der Waals surface area contributed by atoms with Crippen LogP contribution < -0.4 is 4.72 Å². The number of nitrogens with one attached hydrogen (secondary N) is 1. The molecule has 2 bridgehead atoms. The van der Waals surface area contributed by atoms with Crippen molar-refractivity contribution in [1.29, 1.82) is 0 Å². The van der Waals surface area contributed by atoms with Gasteiger partial charge < -0.3 is 0 Å². The summed E-state index contributed by atoms with van der Waals surface area (Å²) in [6, 6.07) is 0.418. The lowest BCUT2D eigenvalue weighted by Gasteiger charge is -2.28. The number of rotatable bonds is 5. The van der Waals surface area contributed by atoms with Crippen LogP contribution in [-0.4, -0.2) is 16.9 Å². The maximum atomic E-state index is 11.6. The first-order chi connectivity index (χ1) is 7.22. The van der Waals surface area contributed by atoms with Crippen molar-refractivity contribution in [1.82, 2.24) is 4.72 Å². The highest BCUT2D eigenvalue weighted by molar-refractivity contribution is 7.78. The summed E-state index contributed by atoms with van der Waals surface area (Å²) in [5.74, 6) is 2.26. The lowest BCUT2D eigenvalue weighted by Crippen LogP contribution is -2.41. The first kappa shape index (κ1) is 11.6. The highest BCUT2D eigenvalue weighted by atomic mass is 32.2. The standard InChI is InChI=1S/C11H21NO2S/c1-3-6-14-15(13)12-11-8(2)9-4-5-10(11)7-9/h8-12H,3-7H2,1-2H3/t8-,9-,10+,11?,15?/m0/s1. The van der Waals surface area contributed by atoms with Crippen LogP contribution in [0.25, 0.3) is 0 Å². The minimum Gasteiger partial charge on any atom is -0.278 e. The van der Waals surface area contributed by atoms with Gasteiger partial charge in [-0.05, 0) is 43.4 Å². The molecule has 2 saturated carbocycles. The summed E-state index contributed by atoms with van der Waals surface area (Å²) in [5, 5.41) is 0. The predicted molar refractivity (Wildman–Crippen MR) is 61.3 cm³/mol. The van der Waals surface area contributed by atoms with E-state index in [0.29, 0.717) is 18.6 Å². The van der Waals surface area contributed by atoms with Crippen molar-refractivity contribution in [3.63, 3.8) is 0 Å². The summed E-state index contributed by atoms with van der Waals surface area (Å²) < 4.78 is 19.9. The third kappa shape index (κ3) is 2.43. The summed E-state index contributed by atoms with van der Waals surface area (Å²) in [6.45, 7) is 4.88. The zero-order valence-electron chi connectivity index (χ0n) is 9.57. The van der Waals surface area contributed by atoms with Gasteiger partial charge in [-0.2, -0.15) is 0 Å². The zero-order chi connectivity index (χ0) is 10.8. The second-order valence-electron chi connectivity index (χ2n) is 4.89. The van der Waals surface area contributed by atoms with Gasteiger partial charge in [0.15, 0.2) is 0 Å². The van der Waals surface area contributed by atoms with E-state index in [2.05, 4.69) is 11.6 Å². The van der Waals surface area contributed by atoms with Gasteiger partial charge in [0.1, 0.15) is 0 Å². The Bertz CT molecular complexity index is 245. The third-order valence-electron chi connectivity index (χ3n) is 3.96. The lowest BCUT2D eigenvalue weighted by molar-refractivity contribution is 0.279. The van der Waals surface area contributed by atoms with E-state index in [-0.39, 0.29) is 0 Å². The molecular formula is C11H21NO2S. The summed E-state index contributed by atoms with van der Waals surface area (Å²) in [5.41, 5.74) is 0. The lowest BCUT2D eigenvalue weighted by atomic mass is 9.87. The molecule has 0 aromatic carbocycles. The zero-order valence-corrected chi connectivity index (χ0v) is 10.4. The van der Waals surface area contributed by atoms with Crippen LogP contribution in [0.15, 0.2) is 0 Å². The van der Waals surface area contributed by atoms with Crippen LogP contribution >= 0.6 is 0 Å². The molecule has 5 atom stereocenters. The molecule has 0 saturated heterocycles. The monoisotopic (exact) mass is 231 g/mol. The van der Waals surface area contributed by atoms with Crippen LogP contribution in [-0.2, 0) is 15.4 Å². The van der Waals surface area contributed by atoms with Crippen molar-refractivity contribution in [2.24, 2.45) is 17.8 Å². The first-order valence-electron chi connectivity index (χ1n) is 6.03. The Balaban J connectivity index is 1.82. The summed E-state index contributed by atoms with van der Waals surface area (Å²) in [4.78, 5) is 0. The molecule has 2 aliphatic rings. The van der Waals surface area contributed by atoms with E-state index in [0.717, 1.165) is 18.3 Å².